The molecule has 2 aromatic heterocycles. The highest BCUT2D eigenvalue weighted by Gasteiger charge is 2.36. The van der Waals surface area contributed by atoms with Crippen molar-refractivity contribution in [3.63, 3.8) is 0 Å². The van der Waals surface area contributed by atoms with Crippen molar-refractivity contribution >= 4 is 23.5 Å². The SMILES string of the molecule is CC[n+]1cc(/N=C(/[O-])CSc2nc(-c3ccc(OC)cc3)cc(C(F)(F)F)c2C#N)on1. The van der Waals surface area contributed by atoms with E-state index in [0.717, 1.165) is 6.07 Å². The van der Waals surface area contributed by atoms with Gasteiger partial charge in [-0.3, -0.25) is 4.52 Å². The van der Waals surface area contributed by atoms with Crippen molar-refractivity contribution in [2.75, 3.05) is 12.9 Å². The van der Waals surface area contributed by atoms with Crippen LogP contribution in [0.5, 0.6) is 5.75 Å². The van der Waals surface area contributed by atoms with E-state index in [1.165, 1.54) is 18.0 Å². The number of rotatable bonds is 7. The fourth-order valence-electron chi connectivity index (χ4n) is 2.62. The van der Waals surface area contributed by atoms with Gasteiger partial charge in [0, 0.05) is 11.3 Å². The van der Waals surface area contributed by atoms with Gasteiger partial charge in [0.25, 0.3) is 6.20 Å². The fraction of sp³-hybridized carbons (Fsp3) is 0.250. The van der Waals surface area contributed by atoms with Gasteiger partial charge in [-0.25, -0.2) is 9.98 Å². The van der Waals surface area contributed by atoms with E-state index < -0.39 is 23.2 Å². The highest BCUT2D eigenvalue weighted by atomic mass is 32.2. The molecule has 0 fully saturated rings. The van der Waals surface area contributed by atoms with Gasteiger partial charge in [-0.15, -0.1) is 0 Å². The second-order valence-corrected chi connectivity index (χ2v) is 7.23. The van der Waals surface area contributed by atoms with Crippen molar-refractivity contribution < 1.29 is 32.2 Å². The second kappa shape index (κ2) is 9.69. The Balaban J connectivity index is 1.96. The predicted octanol–water partition coefficient (Wildman–Crippen LogP) is 3.13. The number of hydrogen-bond acceptors (Lipinski definition) is 8. The third kappa shape index (κ3) is 5.36. The van der Waals surface area contributed by atoms with Gasteiger partial charge in [0.1, 0.15) is 16.8 Å². The first-order chi connectivity index (χ1) is 15.2. The molecular formula is C20H16F3N5O3S. The second-order valence-electron chi connectivity index (χ2n) is 6.26. The molecule has 0 bridgehead atoms. The van der Waals surface area contributed by atoms with Gasteiger partial charge >= 0.3 is 12.1 Å². The Labute approximate surface area is 184 Å². The van der Waals surface area contributed by atoms with Crippen molar-refractivity contribution in [2.24, 2.45) is 4.99 Å². The summed E-state index contributed by atoms with van der Waals surface area (Å²) < 4.78 is 52.3. The van der Waals surface area contributed by atoms with Crippen LogP contribution in [0, 0.1) is 11.3 Å². The van der Waals surface area contributed by atoms with Crippen LogP contribution in [-0.2, 0) is 12.7 Å². The van der Waals surface area contributed by atoms with Crippen molar-refractivity contribution in [1.29, 1.82) is 5.26 Å². The van der Waals surface area contributed by atoms with Crippen LogP contribution in [0.1, 0.15) is 18.1 Å². The van der Waals surface area contributed by atoms with Crippen LogP contribution in [0.3, 0.4) is 0 Å². The van der Waals surface area contributed by atoms with E-state index >= 15 is 0 Å². The minimum Gasteiger partial charge on any atom is -0.861 e. The molecule has 0 unspecified atom stereocenters. The van der Waals surface area contributed by atoms with E-state index in [9.17, 15) is 23.5 Å². The summed E-state index contributed by atoms with van der Waals surface area (Å²) in [6.45, 7) is 2.32. The molecule has 0 aliphatic heterocycles. The highest BCUT2D eigenvalue weighted by molar-refractivity contribution is 7.99. The van der Waals surface area contributed by atoms with Crippen LogP contribution in [0.4, 0.5) is 19.1 Å². The van der Waals surface area contributed by atoms with Crippen LogP contribution in [0.15, 0.2) is 51.1 Å². The largest absolute Gasteiger partial charge is 0.861 e. The van der Waals surface area contributed by atoms with E-state index in [0.29, 0.717) is 29.6 Å². The smallest absolute Gasteiger partial charge is 0.417 e. The first kappa shape index (κ1) is 23.1. The molecule has 0 atom stereocenters. The Morgan fingerprint density at radius 1 is 1.34 bits per heavy atom. The maximum absolute atomic E-state index is 13.6. The lowest BCUT2D eigenvalue weighted by atomic mass is 10.1. The molecule has 12 heteroatoms. The number of nitrogens with zero attached hydrogens (tertiary/aromatic N) is 5. The minimum absolute atomic E-state index is 0.00471. The minimum atomic E-state index is -4.79. The number of aryl methyl sites for hydroxylation is 1. The first-order valence-corrected chi connectivity index (χ1v) is 10.1. The number of benzene rings is 1. The third-order valence-corrected chi connectivity index (χ3v) is 5.14. The molecule has 3 rings (SSSR count). The number of ether oxygens (including phenoxy) is 1. The van der Waals surface area contributed by atoms with E-state index in [-0.39, 0.29) is 22.4 Å². The van der Waals surface area contributed by atoms with Crippen molar-refractivity contribution in [2.45, 2.75) is 24.7 Å². The molecule has 0 radical (unpaired) electrons. The van der Waals surface area contributed by atoms with Gasteiger partial charge in [-0.1, -0.05) is 16.4 Å². The molecule has 0 spiro atoms. The summed E-state index contributed by atoms with van der Waals surface area (Å²) in [6, 6.07) is 8.63. The summed E-state index contributed by atoms with van der Waals surface area (Å²) in [7, 11) is 1.47. The molecule has 0 aliphatic rings. The van der Waals surface area contributed by atoms with E-state index in [1.807, 2.05) is 6.92 Å². The molecule has 0 saturated carbocycles. The van der Waals surface area contributed by atoms with Gasteiger partial charge in [-0.05, 0) is 43.2 Å². The molecule has 8 nitrogen and oxygen atoms in total. The van der Waals surface area contributed by atoms with Crippen LogP contribution >= 0.6 is 11.8 Å². The van der Waals surface area contributed by atoms with Crippen molar-refractivity contribution in [1.82, 2.24) is 10.3 Å². The summed E-state index contributed by atoms with van der Waals surface area (Å²) in [5.41, 5.74) is -1.39. The molecule has 0 aliphatic carbocycles. The van der Waals surface area contributed by atoms with Crippen LogP contribution in [0.25, 0.3) is 11.3 Å². The number of thioether (sulfide) groups is 1. The number of hydrogen-bond donors (Lipinski definition) is 0. The summed E-state index contributed by atoms with van der Waals surface area (Å²) in [4.78, 5) is 7.92. The Kier molecular flexibility index (Phi) is 6.99. The zero-order valence-corrected chi connectivity index (χ0v) is 17.7. The summed E-state index contributed by atoms with van der Waals surface area (Å²) >= 11 is 0.688. The summed E-state index contributed by atoms with van der Waals surface area (Å²) in [5.74, 6) is -0.535. The van der Waals surface area contributed by atoms with Crippen molar-refractivity contribution in [3.8, 4) is 23.1 Å². The Hall–Kier alpha value is -3.59. The number of nitriles is 1. The van der Waals surface area contributed by atoms with Gasteiger partial charge in [0.2, 0.25) is 5.27 Å². The molecule has 3 aromatic rings. The first-order valence-electron chi connectivity index (χ1n) is 9.15. The predicted molar refractivity (Wildman–Crippen MR) is 106 cm³/mol. The highest BCUT2D eigenvalue weighted by Crippen LogP contribution is 2.38. The molecule has 0 saturated heterocycles. The summed E-state index contributed by atoms with van der Waals surface area (Å²) in [6.07, 6.45) is -3.37. The number of methoxy groups -OCH3 is 1. The Morgan fingerprint density at radius 3 is 2.62 bits per heavy atom. The lowest BCUT2D eigenvalue weighted by Crippen LogP contribution is -2.32. The maximum Gasteiger partial charge on any atom is 0.417 e. The molecule has 0 N–H and O–H groups in total. The molecule has 32 heavy (non-hydrogen) atoms. The zero-order valence-electron chi connectivity index (χ0n) is 16.9. The standard InChI is InChI=1S/C20H16F3N5O3S/c1-3-28-10-18(31-27-28)26-17(29)11-32-19-14(9-24)15(20(21,22)23)8-16(25-19)12-4-6-13(30-2)7-5-12/h4-8,10H,3,11H2,1-2H3. The van der Waals surface area contributed by atoms with Gasteiger partial charge in [0.05, 0.1) is 23.9 Å². The van der Waals surface area contributed by atoms with E-state index in [4.69, 9.17) is 9.26 Å². The average molecular weight is 463 g/mol. The number of aromatic nitrogens is 3. The molecule has 1 aromatic carbocycles. The Bertz CT molecular complexity index is 1170. The molecule has 2 heterocycles. The summed E-state index contributed by atoms with van der Waals surface area (Å²) in [5, 5.41) is 24.9. The van der Waals surface area contributed by atoms with Crippen LogP contribution in [-0.4, -0.2) is 29.0 Å². The maximum atomic E-state index is 13.6. The Morgan fingerprint density at radius 2 is 2.06 bits per heavy atom. The average Bonchev–Trinajstić information content (AvgIpc) is 3.23. The van der Waals surface area contributed by atoms with E-state index in [1.54, 1.807) is 30.3 Å². The van der Waals surface area contributed by atoms with Gasteiger partial charge < -0.3 is 9.84 Å². The molecular weight excluding hydrogens is 447 g/mol. The normalized spacial score (nSPS) is 11.9. The van der Waals surface area contributed by atoms with Crippen LogP contribution in [0.2, 0.25) is 0 Å². The van der Waals surface area contributed by atoms with E-state index in [2.05, 4.69) is 15.2 Å². The molecule has 0 amide bonds. The zero-order chi connectivity index (χ0) is 23.3. The van der Waals surface area contributed by atoms with Crippen LogP contribution < -0.4 is 14.5 Å². The topological polar surface area (TPSA) is 111 Å². The van der Waals surface area contributed by atoms with Gasteiger partial charge in [-0.2, -0.15) is 18.4 Å². The fourth-order valence-corrected chi connectivity index (χ4v) is 3.41. The van der Waals surface area contributed by atoms with Gasteiger partial charge in [0.15, 0.2) is 6.54 Å². The lowest BCUT2D eigenvalue weighted by Gasteiger charge is -2.15. The number of halogens is 3. The quantitative estimate of drug-likeness (QED) is 0.229. The molecule has 166 valence electrons. The monoisotopic (exact) mass is 463 g/mol. The number of pyridine rings is 1. The number of aliphatic imine (C=N–C) groups is 1. The number of alkyl halides is 3. The van der Waals surface area contributed by atoms with Crippen molar-refractivity contribution in [3.05, 3.63) is 47.7 Å². The third-order valence-electron chi connectivity index (χ3n) is 4.18. The lowest BCUT2D eigenvalue weighted by molar-refractivity contribution is -0.759.